The molecule has 1 aromatic heterocycles. The quantitative estimate of drug-likeness (QED) is 0.496. The summed E-state index contributed by atoms with van der Waals surface area (Å²) in [6.07, 6.45) is 3.93. The minimum atomic E-state index is 0.120. The zero-order valence-electron chi connectivity index (χ0n) is 14.1. The van der Waals surface area contributed by atoms with Crippen LogP contribution in [0.15, 0.2) is 79.1 Å². The van der Waals surface area contributed by atoms with Crippen LogP contribution in [-0.2, 0) is 6.54 Å². The van der Waals surface area contributed by atoms with Crippen molar-refractivity contribution in [2.75, 3.05) is 0 Å². The summed E-state index contributed by atoms with van der Waals surface area (Å²) in [6.45, 7) is 4.75. The van der Waals surface area contributed by atoms with Crippen molar-refractivity contribution in [3.8, 4) is 11.1 Å². The van der Waals surface area contributed by atoms with Gasteiger partial charge in [0.2, 0.25) is 12.3 Å². The first-order chi connectivity index (χ1) is 11.6. The van der Waals surface area contributed by atoms with Gasteiger partial charge in [0.05, 0.1) is 0 Å². The van der Waals surface area contributed by atoms with Crippen LogP contribution in [-0.4, -0.2) is 5.78 Å². The molecule has 2 aromatic carbocycles. The van der Waals surface area contributed by atoms with Crippen molar-refractivity contribution < 1.29 is 9.36 Å². The summed E-state index contributed by atoms with van der Waals surface area (Å²) < 4.78 is 1.92. The van der Waals surface area contributed by atoms with Gasteiger partial charge in [-0.15, -0.1) is 0 Å². The van der Waals surface area contributed by atoms with E-state index >= 15 is 0 Å². The highest BCUT2D eigenvalue weighted by Crippen LogP contribution is 2.21. The minimum absolute atomic E-state index is 0.120. The van der Waals surface area contributed by atoms with E-state index in [1.54, 1.807) is 0 Å². The number of hydrogen-bond donors (Lipinski definition) is 0. The lowest BCUT2D eigenvalue weighted by molar-refractivity contribution is -0.683. The van der Waals surface area contributed by atoms with Crippen molar-refractivity contribution in [1.29, 1.82) is 0 Å². The molecule has 0 N–H and O–H groups in total. The fourth-order valence-electron chi connectivity index (χ4n) is 2.70. The third kappa shape index (κ3) is 3.77. The van der Waals surface area contributed by atoms with Crippen molar-refractivity contribution in [3.05, 3.63) is 90.3 Å². The van der Waals surface area contributed by atoms with Gasteiger partial charge < -0.3 is 0 Å². The van der Waals surface area contributed by atoms with Crippen LogP contribution in [0.1, 0.15) is 35.7 Å². The average Bonchev–Trinajstić information content (AvgIpc) is 2.63. The van der Waals surface area contributed by atoms with E-state index in [2.05, 4.69) is 50.2 Å². The second-order valence-electron chi connectivity index (χ2n) is 6.33. The lowest BCUT2D eigenvalue weighted by Crippen LogP contribution is -2.37. The molecule has 120 valence electrons. The van der Waals surface area contributed by atoms with E-state index in [9.17, 15) is 4.79 Å². The number of Topliss-reactive ketones (excluding diaryl/α,β-unsaturated/α-hetero) is 1. The summed E-state index contributed by atoms with van der Waals surface area (Å²) in [4.78, 5) is 12.2. The third-order valence-corrected chi connectivity index (χ3v) is 4.22. The van der Waals surface area contributed by atoms with Crippen molar-refractivity contribution in [2.24, 2.45) is 0 Å². The Balaban J connectivity index is 1.72. The number of ketones is 1. The molecule has 3 rings (SSSR count). The Kier molecular flexibility index (Phi) is 4.85. The number of nitrogens with zero attached hydrogens (tertiary/aromatic N) is 1. The first-order valence-electron chi connectivity index (χ1n) is 8.31. The van der Waals surface area contributed by atoms with Crippen LogP contribution in [0.5, 0.6) is 0 Å². The maximum Gasteiger partial charge on any atom is 0.227 e. The monoisotopic (exact) mass is 316 g/mol. The molecule has 0 aliphatic rings. The molecule has 0 atom stereocenters. The van der Waals surface area contributed by atoms with E-state index in [1.165, 1.54) is 11.1 Å². The van der Waals surface area contributed by atoms with Crippen LogP contribution in [0.2, 0.25) is 0 Å². The standard InChI is InChI=1S/C22H22NO/c1-17(2)18-8-10-19(11-9-18)20-12-14-23(15-13-20)16-22(24)21-6-4-3-5-7-21/h3-15,17H,16H2,1-2H3/q+1. The summed E-state index contributed by atoms with van der Waals surface area (Å²) >= 11 is 0. The molecule has 0 bridgehead atoms. The van der Waals surface area contributed by atoms with Crippen molar-refractivity contribution in [2.45, 2.75) is 26.3 Å². The fourth-order valence-corrected chi connectivity index (χ4v) is 2.70. The second kappa shape index (κ2) is 7.22. The molecule has 0 aliphatic heterocycles. The molecule has 2 heteroatoms. The maximum absolute atomic E-state index is 12.2. The molecule has 2 nitrogen and oxygen atoms in total. The Labute approximate surface area is 143 Å². The Hall–Kier alpha value is -2.74. The molecule has 0 unspecified atom stereocenters. The number of aromatic nitrogens is 1. The Morgan fingerprint density at radius 2 is 1.42 bits per heavy atom. The molecule has 0 spiro atoms. The van der Waals surface area contributed by atoms with Gasteiger partial charge in [-0.1, -0.05) is 68.4 Å². The predicted octanol–water partition coefficient (Wildman–Crippen LogP) is 4.65. The molecule has 0 fully saturated rings. The average molecular weight is 316 g/mol. The minimum Gasteiger partial charge on any atom is -0.287 e. The normalized spacial score (nSPS) is 10.8. The summed E-state index contributed by atoms with van der Waals surface area (Å²) in [7, 11) is 0. The van der Waals surface area contributed by atoms with Gasteiger partial charge in [-0.2, -0.15) is 4.57 Å². The van der Waals surface area contributed by atoms with Gasteiger partial charge in [0, 0.05) is 17.7 Å². The van der Waals surface area contributed by atoms with E-state index in [0.29, 0.717) is 12.5 Å². The maximum atomic E-state index is 12.2. The number of pyridine rings is 1. The van der Waals surface area contributed by atoms with E-state index in [1.807, 2.05) is 47.3 Å². The van der Waals surface area contributed by atoms with Gasteiger partial charge in [0.15, 0.2) is 12.4 Å². The molecule has 0 saturated carbocycles. The predicted molar refractivity (Wildman–Crippen MR) is 96.9 cm³/mol. The zero-order valence-corrected chi connectivity index (χ0v) is 14.1. The fraction of sp³-hybridized carbons (Fsp3) is 0.182. The molecular formula is C22H22NO+. The van der Waals surface area contributed by atoms with Crippen LogP contribution in [0.4, 0.5) is 0 Å². The Morgan fingerprint density at radius 3 is 2.00 bits per heavy atom. The van der Waals surface area contributed by atoms with Crippen LogP contribution in [0.3, 0.4) is 0 Å². The molecule has 24 heavy (non-hydrogen) atoms. The molecule has 0 radical (unpaired) electrons. The molecule has 0 saturated heterocycles. The smallest absolute Gasteiger partial charge is 0.227 e. The highest BCUT2D eigenvalue weighted by Gasteiger charge is 2.11. The van der Waals surface area contributed by atoms with Crippen molar-refractivity contribution in [1.82, 2.24) is 0 Å². The van der Waals surface area contributed by atoms with Gasteiger partial charge in [-0.25, -0.2) is 0 Å². The Morgan fingerprint density at radius 1 is 0.833 bits per heavy atom. The molecule has 0 aliphatic carbocycles. The summed E-state index contributed by atoms with van der Waals surface area (Å²) in [6, 6.07) is 22.2. The number of hydrogen-bond acceptors (Lipinski definition) is 1. The SMILES string of the molecule is CC(C)c1ccc(-c2cc[n+](CC(=O)c3ccccc3)cc2)cc1. The van der Waals surface area contributed by atoms with Gasteiger partial charge in [-0.05, 0) is 22.6 Å². The van der Waals surface area contributed by atoms with Crippen LogP contribution in [0, 0.1) is 0 Å². The summed E-state index contributed by atoms with van der Waals surface area (Å²) in [5, 5.41) is 0. The second-order valence-corrected chi connectivity index (χ2v) is 6.33. The lowest BCUT2D eigenvalue weighted by atomic mass is 9.99. The summed E-state index contributed by atoms with van der Waals surface area (Å²) in [5.74, 6) is 0.663. The largest absolute Gasteiger partial charge is 0.287 e. The van der Waals surface area contributed by atoms with Gasteiger partial charge >= 0.3 is 0 Å². The van der Waals surface area contributed by atoms with Crippen LogP contribution < -0.4 is 4.57 Å². The molecule has 3 aromatic rings. The first-order valence-corrected chi connectivity index (χ1v) is 8.31. The molecular weight excluding hydrogens is 294 g/mol. The molecule has 1 heterocycles. The van der Waals surface area contributed by atoms with Crippen molar-refractivity contribution >= 4 is 5.78 Å². The highest BCUT2D eigenvalue weighted by atomic mass is 16.1. The Bertz CT molecular complexity index is 803. The van der Waals surface area contributed by atoms with Gasteiger partial charge in [0.25, 0.3) is 0 Å². The van der Waals surface area contributed by atoms with E-state index < -0.39 is 0 Å². The summed E-state index contributed by atoms with van der Waals surface area (Å²) in [5.41, 5.74) is 4.45. The highest BCUT2D eigenvalue weighted by molar-refractivity contribution is 5.94. The number of rotatable bonds is 5. The van der Waals surface area contributed by atoms with Gasteiger partial charge in [-0.3, -0.25) is 4.79 Å². The van der Waals surface area contributed by atoms with E-state index in [4.69, 9.17) is 0 Å². The number of benzene rings is 2. The van der Waals surface area contributed by atoms with Crippen LogP contribution >= 0.6 is 0 Å². The first kappa shape index (κ1) is 16.1. The number of carbonyl (C=O) groups is 1. The zero-order chi connectivity index (χ0) is 16.9. The molecule has 0 amide bonds. The van der Waals surface area contributed by atoms with Crippen molar-refractivity contribution in [3.63, 3.8) is 0 Å². The lowest BCUT2D eigenvalue weighted by Gasteiger charge is -2.06. The van der Waals surface area contributed by atoms with Crippen LogP contribution in [0.25, 0.3) is 11.1 Å². The van der Waals surface area contributed by atoms with Gasteiger partial charge in [0.1, 0.15) is 0 Å². The van der Waals surface area contributed by atoms with E-state index in [0.717, 1.165) is 11.1 Å². The topological polar surface area (TPSA) is 20.9 Å². The number of carbonyl (C=O) groups excluding carboxylic acids is 1. The third-order valence-electron chi connectivity index (χ3n) is 4.22. The van der Waals surface area contributed by atoms with E-state index in [-0.39, 0.29) is 5.78 Å².